The number of nitrogens with zero attached hydrogens (tertiary/aromatic N) is 3. The van der Waals surface area contributed by atoms with Crippen molar-refractivity contribution in [3.8, 4) is 0 Å². The Morgan fingerprint density at radius 1 is 1.25 bits per heavy atom. The molecule has 0 radical (unpaired) electrons. The zero-order chi connectivity index (χ0) is 19.7. The number of nitrogens with one attached hydrogen (secondary N) is 1. The van der Waals surface area contributed by atoms with E-state index in [1.807, 2.05) is 35.9 Å². The Kier molecular flexibility index (Phi) is 5.16. The summed E-state index contributed by atoms with van der Waals surface area (Å²) in [4.78, 5) is 18.2. The molecule has 1 aliphatic carbocycles. The highest BCUT2D eigenvalue weighted by Crippen LogP contribution is 2.40. The van der Waals surface area contributed by atoms with Crippen LogP contribution in [0.3, 0.4) is 0 Å². The van der Waals surface area contributed by atoms with Crippen molar-refractivity contribution in [1.82, 2.24) is 14.8 Å². The number of carbonyl (C=O) groups excluding carboxylic acids is 1. The summed E-state index contributed by atoms with van der Waals surface area (Å²) in [6, 6.07) is 9.98. The van der Waals surface area contributed by atoms with Crippen LogP contribution in [0, 0.1) is 6.92 Å². The molecule has 1 aliphatic rings. The van der Waals surface area contributed by atoms with Gasteiger partial charge in [0.05, 0.1) is 16.6 Å². The molecule has 2 aromatic heterocycles. The van der Waals surface area contributed by atoms with Crippen LogP contribution in [-0.2, 0) is 13.0 Å². The molecular formula is C23H28N4O. The topological polar surface area (TPSA) is 59.8 Å². The van der Waals surface area contributed by atoms with Crippen LogP contribution in [0.15, 0.2) is 30.3 Å². The summed E-state index contributed by atoms with van der Waals surface area (Å²) in [6.07, 6.45) is 5.34. The van der Waals surface area contributed by atoms with Crippen molar-refractivity contribution in [3.05, 3.63) is 52.8 Å². The van der Waals surface area contributed by atoms with E-state index in [2.05, 4.69) is 25.2 Å². The van der Waals surface area contributed by atoms with Crippen LogP contribution in [-0.4, -0.2) is 20.7 Å². The van der Waals surface area contributed by atoms with Crippen LogP contribution in [0.4, 0.5) is 5.69 Å². The monoisotopic (exact) mass is 376 g/mol. The van der Waals surface area contributed by atoms with Gasteiger partial charge in [0, 0.05) is 23.8 Å². The lowest BCUT2D eigenvalue weighted by Crippen LogP contribution is -2.15. The van der Waals surface area contributed by atoms with Gasteiger partial charge in [-0.1, -0.05) is 38.5 Å². The number of hydrogen-bond donors (Lipinski definition) is 1. The van der Waals surface area contributed by atoms with E-state index in [4.69, 9.17) is 10.1 Å². The number of hydrogen-bond acceptors (Lipinski definition) is 3. The summed E-state index contributed by atoms with van der Waals surface area (Å²) in [7, 11) is 0. The number of amides is 1. The molecule has 5 nitrogen and oxygen atoms in total. The third-order valence-corrected chi connectivity index (χ3v) is 5.51. The number of unbranched alkanes of at least 4 members (excludes halogenated alkanes) is 1. The fourth-order valence-electron chi connectivity index (χ4n) is 3.74. The van der Waals surface area contributed by atoms with E-state index < -0.39 is 0 Å². The Morgan fingerprint density at radius 3 is 2.75 bits per heavy atom. The number of carbonyl (C=O) groups is 1. The smallest absolute Gasteiger partial charge is 0.256 e. The predicted octanol–water partition coefficient (Wildman–Crippen LogP) is 5.23. The number of anilines is 1. The number of fused-ring (bicyclic) bond motifs is 1. The molecule has 1 aromatic carbocycles. The van der Waals surface area contributed by atoms with Crippen molar-refractivity contribution in [1.29, 1.82) is 0 Å². The molecule has 0 atom stereocenters. The predicted molar refractivity (Wildman–Crippen MR) is 113 cm³/mol. The van der Waals surface area contributed by atoms with Crippen LogP contribution >= 0.6 is 0 Å². The molecule has 0 spiro atoms. The van der Waals surface area contributed by atoms with E-state index in [0.29, 0.717) is 11.5 Å². The van der Waals surface area contributed by atoms with E-state index in [-0.39, 0.29) is 5.91 Å². The zero-order valence-corrected chi connectivity index (χ0v) is 17.0. The maximum Gasteiger partial charge on any atom is 0.256 e. The van der Waals surface area contributed by atoms with Gasteiger partial charge in [-0.2, -0.15) is 5.10 Å². The summed E-state index contributed by atoms with van der Waals surface area (Å²) in [5.74, 6) is 0.405. The molecule has 1 fully saturated rings. The quantitative estimate of drug-likeness (QED) is 0.614. The standard InChI is InChI=1S/C23H28N4O/c1-4-6-13-27-22-21(15(3)26-27)18(14-20(24-22)17-11-12-17)23(28)25-19-10-8-7-9-16(19)5-2/h7-10,14,17H,4-6,11-13H2,1-3H3,(H,25,28). The fraction of sp³-hybridized carbons (Fsp3) is 0.435. The second-order valence-electron chi connectivity index (χ2n) is 7.69. The zero-order valence-electron chi connectivity index (χ0n) is 17.0. The molecule has 0 unspecified atom stereocenters. The second kappa shape index (κ2) is 7.74. The van der Waals surface area contributed by atoms with Gasteiger partial charge >= 0.3 is 0 Å². The lowest BCUT2D eigenvalue weighted by Gasteiger charge is -2.12. The highest BCUT2D eigenvalue weighted by Gasteiger charge is 2.28. The molecule has 0 bridgehead atoms. The number of benzene rings is 1. The molecule has 2 heterocycles. The van der Waals surface area contributed by atoms with Crippen LogP contribution in [0.25, 0.3) is 11.0 Å². The molecule has 1 N–H and O–H groups in total. The Bertz CT molecular complexity index is 1020. The van der Waals surface area contributed by atoms with Crippen molar-refractivity contribution in [2.45, 2.75) is 65.3 Å². The summed E-state index contributed by atoms with van der Waals surface area (Å²) < 4.78 is 1.98. The molecule has 1 saturated carbocycles. The first-order valence-corrected chi connectivity index (χ1v) is 10.4. The molecule has 1 amide bonds. The minimum Gasteiger partial charge on any atom is -0.322 e. The van der Waals surface area contributed by atoms with Gasteiger partial charge in [0.2, 0.25) is 0 Å². The molecule has 5 heteroatoms. The summed E-state index contributed by atoms with van der Waals surface area (Å²) >= 11 is 0. The van der Waals surface area contributed by atoms with Gasteiger partial charge in [-0.25, -0.2) is 9.67 Å². The SMILES string of the molecule is CCCCn1nc(C)c2c(C(=O)Nc3ccccc3CC)cc(C3CC3)nc21. The summed E-state index contributed by atoms with van der Waals surface area (Å²) in [5, 5.41) is 8.72. The highest BCUT2D eigenvalue weighted by molar-refractivity contribution is 6.13. The molecule has 146 valence electrons. The molecular weight excluding hydrogens is 348 g/mol. The van der Waals surface area contributed by atoms with Gasteiger partial charge in [0.1, 0.15) is 0 Å². The van der Waals surface area contributed by atoms with Crippen LogP contribution in [0.2, 0.25) is 0 Å². The van der Waals surface area contributed by atoms with E-state index in [1.165, 1.54) is 0 Å². The minimum atomic E-state index is -0.0756. The number of rotatable bonds is 7. The molecule has 4 rings (SSSR count). The highest BCUT2D eigenvalue weighted by atomic mass is 16.1. The third kappa shape index (κ3) is 3.53. The number of para-hydroxylation sites is 1. The molecule has 0 aliphatic heterocycles. The van der Waals surface area contributed by atoms with E-state index in [9.17, 15) is 4.79 Å². The number of pyridine rings is 1. The van der Waals surface area contributed by atoms with Crippen LogP contribution in [0.1, 0.15) is 72.8 Å². The molecule has 3 aromatic rings. The van der Waals surface area contributed by atoms with Crippen molar-refractivity contribution in [2.75, 3.05) is 5.32 Å². The Balaban J connectivity index is 1.78. The van der Waals surface area contributed by atoms with Crippen molar-refractivity contribution < 1.29 is 4.79 Å². The van der Waals surface area contributed by atoms with Crippen LogP contribution < -0.4 is 5.32 Å². The van der Waals surface area contributed by atoms with E-state index in [0.717, 1.165) is 72.3 Å². The van der Waals surface area contributed by atoms with Crippen molar-refractivity contribution >= 4 is 22.6 Å². The maximum absolute atomic E-state index is 13.3. The van der Waals surface area contributed by atoms with Crippen molar-refractivity contribution in [3.63, 3.8) is 0 Å². The lowest BCUT2D eigenvalue weighted by atomic mass is 10.1. The average Bonchev–Trinajstić information content (AvgIpc) is 3.51. The molecule has 0 saturated heterocycles. The van der Waals surface area contributed by atoms with Crippen LogP contribution in [0.5, 0.6) is 0 Å². The Morgan fingerprint density at radius 2 is 2.04 bits per heavy atom. The van der Waals surface area contributed by atoms with Gasteiger partial charge in [-0.05, 0) is 50.3 Å². The first kappa shape index (κ1) is 18.7. The molecule has 28 heavy (non-hydrogen) atoms. The Hall–Kier alpha value is -2.69. The van der Waals surface area contributed by atoms with E-state index in [1.54, 1.807) is 0 Å². The minimum absolute atomic E-state index is 0.0756. The fourth-order valence-corrected chi connectivity index (χ4v) is 3.74. The summed E-state index contributed by atoms with van der Waals surface area (Å²) in [5.41, 5.74) is 5.46. The van der Waals surface area contributed by atoms with E-state index >= 15 is 0 Å². The normalized spacial score (nSPS) is 13.8. The van der Waals surface area contributed by atoms with Crippen molar-refractivity contribution in [2.24, 2.45) is 0 Å². The second-order valence-corrected chi connectivity index (χ2v) is 7.69. The van der Waals surface area contributed by atoms with Gasteiger partial charge in [-0.3, -0.25) is 4.79 Å². The largest absolute Gasteiger partial charge is 0.322 e. The van der Waals surface area contributed by atoms with Gasteiger partial charge in [0.15, 0.2) is 5.65 Å². The third-order valence-electron chi connectivity index (χ3n) is 5.51. The summed E-state index contributed by atoms with van der Waals surface area (Å²) in [6.45, 7) is 7.08. The van der Waals surface area contributed by atoms with Gasteiger partial charge in [0.25, 0.3) is 5.91 Å². The first-order chi connectivity index (χ1) is 13.6. The van der Waals surface area contributed by atoms with Gasteiger partial charge in [-0.15, -0.1) is 0 Å². The number of aromatic nitrogens is 3. The Labute approximate surface area is 166 Å². The first-order valence-electron chi connectivity index (χ1n) is 10.4. The maximum atomic E-state index is 13.3. The number of aryl methyl sites for hydroxylation is 3. The average molecular weight is 377 g/mol. The lowest BCUT2D eigenvalue weighted by molar-refractivity contribution is 0.102. The van der Waals surface area contributed by atoms with Gasteiger partial charge < -0.3 is 5.32 Å².